The van der Waals surface area contributed by atoms with Gasteiger partial charge in [0.25, 0.3) is 10.1 Å². The molecule has 227 valence electrons. The normalized spacial score (nSPS) is 12.9. The molecule has 0 aliphatic carbocycles. The molecule has 0 aromatic carbocycles. The quantitative estimate of drug-likeness (QED) is 0.0453. The Morgan fingerprint density at radius 3 is 1.51 bits per heavy atom. The molecule has 0 aromatic rings. The Labute approximate surface area is 262 Å². The number of carbonyl (C=O) groups excluding carboxylic acids is 2. The van der Waals surface area contributed by atoms with Crippen molar-refractivity contribution in [2.24, 2.45) is 5.92 Å². The molecule has 1 N–H and O–H groups in total. The molecule has 0 aliphatic heterocycles. The van der Waals surface area contributed by atoms with Crippen molar-refractivity contribution in [1.29, 1.82) is 0 Å². The molecule has 0 aromatic heterocycles. The van der Waals surface area contributed by atoms with Crippen LogP contribution in [0.1, 0.15) is 156 Å². The summed E-state index contributed by atoms with van der Waals surface area (Å²) in [6, 6.07) is 0. The van der Waals surface area contributed by atoms with Crippen molar-refractivity contribution >= 4 is 51.6 Å². The average molecular weight is 586 g/mol. The molecule has 0 saturated heterocycles. The molecule has 0 amide bonds. The first-order chi connectivity index (χ1) is 18.3. The molecular formula is C30H58NaO7S. The summed E-state index contributed by atoms with van der Waals surface area (Å²) in [5, 5.41) is -1.94. The van der Waals surface area contributed by atoms with E-state index in [1.807, 2.05) is 6.92 Å². The third-order valence-corrected chi connectivity index (χ3v) is 8.32. The minimum Gasteiger partial charge on any atom is -0.465 e. The minimum atomic E-state index is -4.77. The maximum Gasteiger partial charge on any atom is 0.327 e. The third kappa shape index (κ3) is 25.3. The van der Waals surface area contributed by atoms with Gasteiger partial charge in [0, 0.05) is 29.6 Å². The fraction of sp³-hybridized carbons (Fsp3) is 0.933. The Morgan fingerprint density at radius 1 is 0.667 bits per heavy atom. The molecule has 0 fully saturated rings. The summed E-state index contributed by atoms with van der Waals surface area (Å²) in [7, 11) is -4.77. The summed E-state index contributed by atoms with van der Waals surface area (Å²) in [4.78, 5) is 24.4. The van der Waals surface area contributed by atoms with Gasteiger partial charge in [-0.1, -0.05) is 136 Å². The largest absolute Gasteiger partial charge is 0.465 e. The molecule has 7 nitrogen and oxygen atoms in total. The van der Waals surface area contributed by atoms with Crippen molar-refractivity contribution in [1.82, 2.24) is 0 Å². The molecule has 9 heteroatoms. The first-order valence-electron chi connectivity index (χ1n) is 15.5. The SMILES string of the molecule is CCCCCCCCCCCCCCCCCCOC(=O)C(CC(=O)OCC(CC)CCCC)S(=O)(=O)O.[Na]. The molecule has 0 aliphatic rings. The topological polar surface area (TPSA) is 107 Å². The average Bonchev–Trinajstić information content (AvgIpc) is 2.88. The second-order valence-electron chi connectivity index (χ2n) is 10.8. The zero-order valence-electron chi connectivity index (χ0n) is 25.7. The Balaban J connectivity index is 0. The van der Waals surface area contributed by atoms with E-state index in [2.05, 4.69) is 13.8 Å². The van der Waals surface area contributed by atoms with Gasteiger partial charge in [-0.05, 0) is 18.8 Å². The number of ether oxygens (including phenoxy) is 2. The van der Waals surface area contributed by atoms with E-state index in [4.69, 9.17) is 9.47 Å². The van der Waals surface area contributed by atoms with E-state index in [-0.39, 0.29) is 48.7 Å². The van der Waals surface area contributed by atoms with Crippen molar-refractivity contribution in [3.8, 4) is 0 Å². The summed E-state index contributed by atoms with van der Waals surface area (Å²) >= 11 is 0. The number of carbonyl (C=O) groups is 2. The molecule has 0 spiro atoms. The van der Waals surface area contributed by atoms with Crippen LogP contribution < -0.4 is 0 Å². The number of hydrogen-bond acceptors (Lipinski definition) is 6. The first-order valence-corrected chi connectivity index (χ1v) is 17.0. The molecule has 0 saturated carbocycles. The van der Waals surface area contributed by atoms with Gasteiger partial charge in [0.1, 0.15) is 0 Å². The number of esters is 2. The monoisotopic (exact) mass is 585 g/mol. The van der Waals surface area contributed by atoms with E-state index in [9.17, 15) is 22.6 Å². The van der Waals surface area contributed by atoms with E-state index in [1.165, 1.54) is 77.0 Å². The van der Waals surface area contributed by atoms with Crippen molar-refractivity contribution < 1.29 is 32.0 Å². The van der Waals surface area contributed by atoms with Crippen LogP contribution in [0.25, 0.3) is 0 Å². The van der Waals surface area contributed by atoms with Crippen LogP contribution in [-0.2, 0) is 29.2 Å². The van der Waals surface area contributed by atoms with Gasteiger partial charge in [-0.2, -0.15) is 8.42 Å². The van der Waals surface area contributed by atoms with E-state index < -0.39 is 33.7 Å². The molecular weight excluding hydrogens is 527 g/mol. The van der Waals surface area contributed by atoms with Crippen molar-refractivity contribution in [3.63, 3.8) is 0 Å². The smallest absolute Gasteiger partial charge is 0.327 e. The van der Waals surface area contributed by atoms with Crippen molar-refractivity contribution in [3.05, 3.63) is 0 Å². The Bertz CT molecular complexity index is 685. The van der Waals surface area contributed by atoms with Gasteiger partial charge >= 0.3 is 11.9 Å². The molecule has 0 heterocycles. The third-order valence-electron chi connectivity index (χ3n) is 7.24. The maximum absolute atomic E-state index is 12.3. The Kier molecular flexibility index (Phi) is 29.4. The Morgan fingerprint density at radius 2 is 1.10 bits per heavy atom. The van der Waals surface area contributed by atoms with Gasteiger partial charge in [-0.3, -0.25) is 14.1 Å². The first kappa shape index (κ1) is 41.0. The fourth-order valence-electron chi connectivity index (χ4n) is 4.55. The van der Waals surface area contributed by atoms with Gasteiger partial charge in [0.2, 0.25) is 0 Å². The molecule has 2 unspecified atom stereocenters. The van der Waals surface area contributed by atoms with Gasteiger partial charge in [-0.25, -0.2) is 0 Å². The van der Waals surface area contributed by atoms with Crippen molar-refractivity contribution in [2.75, 3.05) is 13.2 Å². The predicted molar refractivity (Wildman–Crippen MR) is 160 cm³/mol. The molecule has 2 atom stereocenters. The van der Waals surface area contributed by atoms with Crippen LogP contribution in [0, 0.1) is 5.92 Å². The number of rotatable bonds is 27. The second kappa shape index (κ2) is 28.0. The minimum absolute atomic E-state index is 0. The molecule has 0 rings (SSSR count). The van der Waals surface area contributed by atoms with E-state index in [0.717, 1.165) is 44.9 Å². The van der Waals surface area contributed by atoms with Crippen LogP contribution in [-0.4, -0.2) is 72.9 Å². The van der Waals surface area contributed by atoms with E-state index in [0.29, 0.717) is 6.42 Å². The fourth-order valence-corrected chi connectivity index (χ4v) is 5.20. The van der Waals surface area contributed by atoms with Crippen LogP contribution in [0.5, 0.6) is 0 Å². The van der Waals surface area contributed by atoms with Crippen LogP contribution in [0.2, 0.25) is 0 Å². The van der Waals surface area contributed by atoms with Gasteiger partial charge in [0.05, 0.1) is 19.6 Å². The van der Waals surface area contributed by atoms with Crippen LogP contribution in [0.4, 0.5) is 0 Å². The zero-order chi connectivity index (χ0) is 28.5. The van der Waals surface area contributed by atoms with Gasteiger partial charge < -0.3 is 9.47 Å². The summed E-state index contributed by atoms with van der Waals surface area (Å²) in [6.45, 7) is 6.60. The second-order valence-corrected chi connectivity index (χ2v) is 12.4. The van der Waals surface area contributed by atoms with Crippen LogP contribution in [0.3, 0.4) is 0 Å². The van der Waals surface area contributed by atoms with E-state index in [1.54, 1.807) is 0 Å². The van der Waals surface area contributed by atoms with Crippen LogP contribution >= 0.6 is 0 Å². The zero-order valence-corrected chi connectivity index (χ0v) is 28.5. The molecule has 0 bridgehead atoms. The summed E-state index contributed by atoms with van der Waals surface area (Å²) in [5.41, 5.74) is 0. The maximum atomic E-state index is 12.3. The van der Waals surface area contributed by atoms with Gasteiger partial charge in [-0.15, -0.1) is 0 Å². The number of unbranched alkanes of at least 4 members (excludes halogenated alkanes) is 16. The standard InChI is InChI=1S/C30H58O7S.Na/c1-4-7-9-10-11-12-13-14-15-16-17-18-19-20-21-22-24-36-30(32)28(38(33,34)35)25-29(31)37-26-27(6-3)23-8-5-2;/h27-28H,4-26H2,1-3H3,(H,33,34,35);. The van der Waals surface area contributed by atoms with E-state index >= 15 is 0 Å². The summed E-state index contributed by atoms with van der Waals surface area (Å²) in [6.07, 6.45) is 22.8. The Hall–Kier alpha value is -0.150. The van der Waals surface area contributed by atoms with Crippen molar-refractivity contribution in [2.45, 2.75) is 161 Å². The van der Waals surface area contributed by atoms with Crippen LogP contribution in [0.15, 0.2) is 0 Å². The van der Waals surface area contributed by atoms with Gasteiger partial charge in [0.15, 0.2) is 5.25 Å². The molecule has 39 heavy (non-hydrogen) atoms. The summed E-state index contributed by atoms with van der Waals surface area (Å²) in [5.74, 6) is -1.71. The summed E-state index contributed by atoms with van der Waals surface area (Å²) < 4.78 is 43.0. The number of hydrogen-bond donors (Lipinski definition) is 1. The predicted octanol–water partition coefficient (Wildman–Crippen LogP) is 7.82. The molecule has 1 radical (unpaired) electrons.